The van der Waals surface area contributed by atoms with Crippen molar-refractivity contribution in [2.75, 3.05) is 32.1 Å². The molecule has 8 heteroatoms. The highest BCUT2D eigenvalue weighted by molar-refractivity contribution is 6.06. The molecule has 0 aliphatic carbocycles. The van der Waals surface area contributed by atoms with Crippen molar-refractivity contribution in [1.82, 2.24) is 24.8 Å². The molecule has 2 fully saturated rings. The van der Waals surface area contributed by atoms with Crippen molar-refractivity contribution in [1.29, 1.82) is 0 Å². The number of rotatable bonds is 1. The highest BCUT2D eigenvalue weighted by atomic mass is 16.2. The Bertz CT molecular complexity index is 919. The van der Waals surface area contributed by atoms with E-state index < -0.39 is 5.54 Å². The van der Waals surface area contributed by atoms with E-state index in [1.807, 2.05) is 19.9 Å². The van der Waals surface area contributed by atoms with Crippen LogP contribution in [0.1, 0.15) is 24.1 Å². The summed E-state index contributed by atoms with van der Waals surface area (Å²) < 4.78 is 0. The van der Waals surface area contributed by atoms with Gasteiger partial charge in [-0.25, -0.2) is 19.7 Å². The zero-order chi connectivity index (χ0) is 18.6. The number of urea groups is 1. The van der Waals surface area contributed by atoms with Crippen molar-refractivity contribution in [3.05, 3.63) is 23.7 Å². The zero-order valence-corrected chi connectivity index (χ0v) is 15.5. The predicted octanol–water partition coefficient (Wildman–Crippen LogP) is 1.50. The van der Waals surface area contributed by atoms with Crippen molar-refractivity contribution in [3.63, 3.8) is 0 Å². The first kappa shape index (κ1) is 16.7. The van der Waals surface area contributed by atoms with Gasteiger partial charge in [-0.2, -0.15) is 0 Å². The third kappa shape index (κ3) is 2.17. The summed E-state index contributed by atoms with van der Waals surface area (Å²) in [5.74, 6) is 0.744. The van der Waals surface area contributed by atoms with Gasteiger partial charge in [0.1, 0.15) is 17.7 Å². The molecule has 0 unspecified atom stereocenters. The van der Waals surface area contributed by atoms with Crippen molar-refractivity contribution in [2.45, 2.75) is 32.2 Å². The maximum atomic E-state index is 12.7. The third-order valence-electron chi connectivity index (χ3n) is 5.72. The Morgan fingerprint density at radius 1 is 1.08 bits per heavy atom. The van der Waals surface area contributed by atoms with Gasteiger partial charge >= 0.3 is 6.03 Å². The van der Waals surface area contributed by atoms with Crippen LogP contribution in [0.3, 0.4) is 0 Å². The Labute approximate surface area is 151 Å². The SMILES string of the molecule is Cc1cc(C)c2c(N3CCC4(CC3)C(=O)N(C)C(=O)N4C)ncnc2n1. The van der Waals surface area contributed by atoms with Crippen molar-refractivity contribution in [2.24, 2.45) is 0 Å². The van der Waals surface area contributed by atoms with Crippen molar-refractivity contribution < 1.29 is 9.59 Å². The molecule has 0 bridgehead atoms. The Balaban J connectivity index is 1.67. The van der Waals surface area contributed by atoms with Gasteiger partial charge in [0, 0.05) is 32.9 Å². The number of aromatic nitrogens is 3. The minimum Gasteiger partial charge on any atom is -0.356 e. The number of pyridine rings is 1. The fraction of sp³-hybridized carbons (Fsp3) is 0.500. The smallest absolute Gasteiger partial charge is 0.327 e. The van der Waals surface area contributed by atoms with Gasteiger partial charge in [-0.1, -0.05) is 0 Å². The first-order valence-electron chi connectivity index (χ1n) is 8.75. The molecule has 0 N–H and O–H groups in total. The number of carbonyl (C=O) groups excluding carboxylic acids is 2. The van der Waals surface area contributed by atoms with Gasteiger partial charge in [0.15, 0.2) is 5.65 Å². The predicted molar refractivity (Wildman–Crippen MR) is 96.9 cm³/mol. The van der Waals surface area contributed by atoms with E-state index in [9.17, 15) is 9.59 Å². The summed E-state index contributed by atoms with van der Waals surface area (Å²) in [4.78, 5) is 43.2. The average molecular weight is 354 g/mol. The molecule has 0 radical (unpaired) electrons. The number of carbonyl (C=O) groups is 2. The molecule has 2 aliphatic heterocycles. The Kier molecular flexibility index (Phi) is 3.61. The summed E-state index contributed by atoms with van der Waals surface area (Å²) in [7, 11) is 3.27. The van der Waals surface area contributed by atoms with Gasteiger partial charge < -0.3 is 9.80 Å². The summed E-state index contributed by atoms with van der Waals surface area (Å²) in [6.45, 7) is 5.29. The van der Waals surface area contributed by atoms with Crippen LogP contribution in [0.5, 0.6) is 0 Å². The summed E-state index contributed by atoms with van der Waals surface area (Å²) in [6, 6.07) is 1.80. The van der Waals surface area contributed by atoms with E-state index in [1.165, 1.54) is 11.2 Å². The van der Waals surface area contributed by atoms with Gasteiger partial charge in [-0.3, -0.25) is 9.69 Å². The minimum absolute atomic E-state index is 0.106. The van der Waals surface area contributed by atoms with E-state index in [-0.39, 0.29) is 11.9 Å². The molecule has 3 amide bonds. The monoisotopic (exact) mass is 354 g/mol. The minimum atomic E-state index is -0.727. The number of hydrogen-bond acceptors (Lipinski definition) is 6. The zero-order valence-electron chi connectivity index (χ0n) is 15.5. The van der Waals surface area contributed by atoms with Crippen LogP contribution in [0.2, 0.25) is 0 Å². The van der Waals surface area contributed by atoms with Gasteiger partial charge in [-0.15, -0.1) is 0 Å². The van der Waals surface area contributed by atoms with E-state index in [4.69, 9.17) is 0 Å². The van der Waals surface area contributed by atoms with Crippen LogP contribution in [-0.2, 0) is 4.79 Å². The number of likely N-dealkylation sites (N-methyl/N-ethyl adjacent to an activating group) is 2. The number of amides is 3. The van der Waals surface area contributed by atoms with Gasteiger partial charge in [0.05, 0.1) is 5.39 Å². The molecule has 0 saturated carbocycles. The number of anilines is 1. The highest BCUT2D eigenvalue weighted by Crippen LogP contribution is 2.37. The standard InChI is InChI=1S/C18H22N6O2/c1-11-9-12(2)21-14-13(11)15(20-10-19-14)24-7-5-18(6-8-24)16(25)22(3)17(26)23(18)4/h9-10H,5-8H2,1-4H3. The molecular formula is C18H22N6O2. The molecule has 26 heavy (non-hydrogen) atoms. The second-order valence-corrected chi connectivity index (χ2v) is 7.20. The molecule has 2 aromatic rings. The molecule has 8 nitrogen and oxygen atoms in total. The van der Waals surface area contributed by atoms with Crippen LogP contribution in [0.4, 0.5) is 10.6 Å². The molecule has 2 aromatic heterocycles. The second kappa shape index (κ2) is 5.62. The van der Waals surface area contributed by atoms with E-state index in [0.29, 0.717) is 31.6 Å². The lowest BCUT2D eigenvalue weighted by atomic mass is 9.86. The number of nitrogens with zero attached hydrogens (tertiary/aromatic N) is 6. The maximum absolute atomic E-state index is 12.7. The first-order chi connectivity index (χ1) is 12.3. The first-order valence-corrected chi connectivity index (χ1v) is 8.75. The fourth-order valence-corrected chi connectivity index (χ4v) is 4.22. The Morgan fingerprint density at radius 3 is 2.38 bits per heavy atom. The number of piperidine rings is 1. The second-order valence-electron chi connectivity index (χ2n) is 7.20. The lowest BCUT2D eigenvalue weighted by molar-refractivity contribution is -0.133. The molecular weight excluding hydrogens is 332 g/mol. The molecule has 2 saturated heterocycles. The molecule has 0 aromatic carbocycles. The van der Waals surface area contributed by atoms with Crippen LogP contribution in [0.25, 0.3) is 11.0 Å². The summed E-state index contributed by atoms with van der Waals surface area (Å²) >= 11 is 0. The van der Waals surface area contributed by atoms with Crippen LogP contribution < -0.4 is 4.90 Å². The largest absolute Gasteiger partial charge is 0.356 e. The van der Waals surface area contributed by atoms with E-state index >= 15 is 0 Å². The normalized spacial score (nSPS) is 19.9. The molecule has 4 heterocycles. The highest BCUT2D eigenvalue weighted by Gasteiger charge is 2.55. The quantitative estimate of drug-likeness (QED) is 0.722. The van der Waals surface area contributed by atoms with Crippen LogP contribution in [0.15, 0.2) is 12.4 Å². The number of imide groups is 1. The summed E-state index contributed by atoms with van der Waals surface area (Å²) in [5.41, 5.74) is 1.98. The summed E-state index contributed by atoms with van der Waals surface area (Å²) in [5, 5.41) is 0.952. The molecule has 0 atom stereocenters. The van der Waals surface area contributed by atoms with Crippen LogP contribution >= 0.6 is 0 Å². The van der Waals surface area contributed by atoms with Crippen LogP contribution in [0, 0.1) is 13.8 Å². The number of hydrogen-bond donors (Lipinski definition) is 0. The van der Waals surface area contributed by atoms with E-state index in [1.54, 1.807) is 19.0 Å². The van der Waals surface area contributed by atoms with Crippen molar-refractivity contribution in [3.8, 4) is 0 Å². The maximum Gasteiger partial charge on any atom is 0.327 e. The number of aryl methyl sites for hydroxylation is 2. The van der Waals surface area contributed by atoms with Crippen LogP contribution in [-0.4, -0.2) is 69.4 Å². The lowest BCUT2D eigenvalue weighted by Gasteiger charge is -2.41. The van der Waals surface area contributed by atoms with Gasteiger partial charge in [0.25, 0.3) is 5.91 Å². The average Bonchev–Trinajstić information content (AvgIpc) is 2.78. The molecule has 136 valence electrons. The number of fused-ring (bicyclic) bond motifs is 1. The third-order valence-corrected chi connectivity index (χ3v) is 5.72. The lowest BCUT2D eigenvalue weighted by Crippen LogP contribution is -2.55. The molecule has 4 rings (SSSR count). The topological polar surface area (TPSA) is 82.5 Å². The molecule has 2 aliphatic rings. The van der Waals surface area contributed by atoms with Crippen molar-refractivity contribution >= 4 is 28.8 Å². The molecule has 1 spiro atoms. The Hall–Kier alpha value is -2.77. The summed E-state index contributed by atoms with van der Waals surface area (Å²) in [6.07, 6.45) is 2.71. The Morgan fingerprint density at radius 2 is 1.77 bits per heavy atom. The van der Waals surface area contributed by atoms with E-state index in [2.05, 4.69) is 19.9 Å². The van der Waals surface area contributed by atoms with E-state index in [0.717, 1.165) is 22.5 Å². The fourth-order valence-electron chi connectivity index (χ4n) is 4.22. The van der Waals surface area contributed by atoms with Gasteiger partial charge in [-0.05, 0) is 38.3 Å². The van der Waals surface area contributed by atoms with Gasteiger partial charge in [0.2, 0.25) is 0 Å².